The van der Waals surface area contributed by atoms with Gasteiger partial charge >= 0.3 is 0 Å². The minimum Gasteiger partial charge on any atom is -0.495 e. The number of nitrogens with one attached hydrogen (secondary N) is 1. The zero-order chi connectivity index (χ0) is 21.0. The monoisotopic (exact) mass is 418 g/mol. The lowest BCUT2D eigenvalue weighted by atomic mass is 10.1. The van der Waals surface area contributed by atoms with Crippen molar-refractivity contribution in [2.45, 2.75) is 18.9 Å². The molecule has 1 aliphatic rings. The van der Waals surface area contributed by atoms with E-state index >= 15 is 0 Å². The van der Waals surface area contributed by atoms with Crippen molar-refractivity contribution in [2.75, 3.05) is 32.8 Å². The molecule has 154 valence electrons. The van der Waals surface area contributed by atoms with Crippen LogP contribution in [0, 0.1) is 0 Å². The third-order valence-corrected chi connectivity index (χ3v) is 5.09. The fourth-order valence-corrected chi connectivity index (χ4v) is 3.54. The SMILES string of the molecule is COc1ccc(N2C(=O)CC(NCCc3ccc(OC)c(OC)c3)C2=O)cc1Cl. The number of methoxy groups -OCH3 is 3. The first-order valence-corrected chi connectivity index (χ1v) is 9.51. The first-order chi connectivity index (χ1) is 14.0. The van der Waals surface area contributed by atoms with Crippen molar-refractivity contribution in [3.8, 4) is 17.2 Å². The van der Waals surface area contributed by atoms with E-state index in [1.54, 1.807) is 32.4 Å². The van der Waals surface area contributed by atoms with Gasteiger partial charge in [-0.15, -0.1) is 0 Å². The summed E-state index contributed by atoms with van der Waals surface area (Å²) in [6, 6.07) is 9.95. The van der Waals surface area contributed by atoms with Crippen LogP contribution in [-0.4, -0.2) is 45.7 Å². The van der Waals surface area contributed by atoms with Crippen LogP contribution in [-0.2, 0) is 16.0 Å². The second kappa shape index (κ2) is 9.15. The van der Waals surface area contributed by atoms with Crippen LogP contribution in [0.3, 0.4) is 0 Å². The van der Waals surface area contributed by atoms with E-state index in [0.717, 1.165) is 5.56 Å². The molecule has 1 fully saturated rings. The summed E-state index contributed by atoms with van der Waals surface area (Å²) < 4.78 is 15.7. The minimum atomic E-state index is -0.566. The van der Waals surface area contributed by atoms with Gasteiger partial charge in [-0.25, -0.2) is 4.90 Å². The molecule has 1 unspecified atom stereocenters. The lowest BCUT2D eigenvalue weighted by molar-refractivity contribution is -0.121. The molecule has 0 bridgehead atoms. The molecule has 1 atom stereocenters. The third-order valence-electron chi connectivity index (χ3n) is 4.79. The van der Waals surface area contributed by atoms with Crippen LogP contribution in [0.25, 0.3) is 0 Å². The molecule has 0 aliphatic carbocycles. The summed E-state index contributed by atoms with van der Waals surface area (Å²) in [5.41, 5.74) is 1.47. The van der Waals surface area contributed by atoms with E-state index in [4.69, 9.17) is 25.8 Å². The normalized spacial score (nSPS) is 16.3. The minimum absolute atomic E-state index is 0.106. The van der Waals surface area contributed by atoms with E-state index in [1.807, 2.05) is 18.2 Å². The lowest BCUT2D eigenvalue weighted by Crippen LogP contribution is -2.39. The molecule has 0 radical (unpaired) electrons. The smallest absolute Gasteiger partial charge is 0.251 e. The maximum atomic E-state index is 12.7. The summed E-state index contributed by atoms with van der Waals surface area (Å²) in [6.07, 6.45) is 0.779. The molecule has 1 heterocycles. The van der Waals surface area contributed by atoms with E-state index in [9.17, 15) is 9.59 Å². The zero-order valence-corrected chi connectivity index (χ0v) is 17.3. The third kappa shape index (κ3) is 4.46. The Morgan fingerprint density at radius 3 is 2.34 bits per heavy atom. The Labute approximate surface area is 174 Å². The molecule has 1 aliphatic heterocycles. The van der Waals surface area contributed by atoms with Gasteiger partial charge < -0.3 is 19.5 Å². The number of hydrogen-bond donors (Lipinski definition) is 1. The summed E-state index contributed by atoms with van der Waals surface area (Å²) in [7, 11) is 4.68. The van der Waals surface area contributed by atoms with Crippen LogP contribution in [0.15, 0.2) is 36.4 Å². The average molecular weight is 419 g/mol. The van der Waals surface area contributed by atoms with Gasteiger partial charge in [0.15, 0.2) is 11.5 Å². The number of rotatable bonds is 8. The molecule has 1 N–H and O–H groups in total. The Hall–Kier alpha value is -2.77. The maximum absolute atomic E-state index is 12.7. The summed E-state index contributed by atoms with van der Waals surface area (Å²) in [5.74, 6) is 1.25. The molecule has 29 heavy (non-hydrogen) atoms. The number of carbonyl (C=O) groups excluding carboxylic acids is 2. The largest absolute Gasteiger partial charge is 0.495 e. The van der Waals surface area contributed by atoms with E-state index in [-0.39, 0.29) is 18.2 Å². The lowest BCUT2D eigenvalue weighted by Gasteiger charge is -2.17. The molecule has 0 spiro atoms. The van der Waals surface area contributed by atoms with Crippen LogP contribution in [0.1, 0.15) is 12.0 Å². The van der Waals surface area contributed by atoms with Crippen LogP contribution in [0.4, 0.5) is 5.69 Å². The molecule has 0 saturated carbocycles. The van der Waals surface area contributed by atoms with Crippen LogP contribution >= 0.6 is 11.6 Å². The van der Waals surface area contributed by atoms with E-state index < -0.39 is 6.04 Å². The Balaban J connectivity index is 1.62. The van der Waals surface area contributed by atoms with Gasteiger partial charge in [0.1, 0.15) is 5.75 Å². The van der Waals surface area contributed by atoms with E-state index in [0.29, 0.717) is 40.9 Å². The Bertz CT molecular complexity index is 918. The summed E-state index contributed by atoms with van der Waals surface area (Å²) in [6.45, 7) is 0.538. The fraction of sp³-hybridized carbons (Fsp3) is 0.333. The second-order valence-electron chi connectivity index (χ2n) is 6.54. The molecular weight excluding hydrogens is 396 g/mol. The average Bonchev–Trinajstić information content (AvgIpc) is 3.01. The Morgan fingerprint density at radius 1 is 1.00 bits per heavy atom. The standard InChI is InChI=1S/C21H23ClN2O5/c1-27-17-7-5-14(11-15(17)22)24-20(25)12-16(21(24)26)23-9-8-13-4-6-18(28-2)19(10-13)29-3/h4-7,10-11,16,23H,8-9,12H2,1-3H3. The summed E-state index contributed by atoms with van der Waals surface area (Å²) >= 11 is 6.13. The number of benzene rings is 2. The highest BCUT2D eigenvalue weighted by molar-refractivity contribution is 6.33. The molecule has 2 aromatic rings. The molecule has 2 aromatic carbocycles. The Morgan fingerprint density at radius 2 is 1.69 bits per heavy atom. The van der Waals surface area contributed by atoms with E-state index in [1.165, 1.54) is 12.0 Å². The number of ether oxygens (including phenoxy) is 3. The molecule has 7 nitrogen and oxygen atoms in total. The summed E-state index contributed by atoms with van der Waals surface area (Å²) in [4.78, 5) is 26.3. The fourth-order valence-electron chi connectivity index (χ4n) is 3.28. The van der Waals surface area contributed by atoms with Gasteiger partial charge in [0, 0.05) is 0 Å². The van der Waals surface area contributed by atoms with Gasteiger partial charge in [-0.2, -0.15) is 0 Å². The number of halogens is 1. The molecule has 0 aromatic heterocycles. The van der Waals surface area contributed by atoms with Crippen molar-refractivity contribution in [2.24, 2.45) is 0 Å². The maximum Gasteiger partial charge on any atom is 0.251 e. The molecule has 3 rings (SSSR count). The first-order valence-electron chi connectivity index (χ1n) is 9.13. The van der Waals surface area contributed by atoms with Gasteiger partial charge in [0.2, 0.25) is 5.91 Å². The van der Waals surface area contributed by atoms with Crippen molar-refractivity contribution >= 4 is 29.1 Å². The van der Waals surface area contributed by atoms with Gasteiger partial charge in [0.25, 0.3) is 5.91 Å². The topological polar surface area (TPSA) is 77.1 Å². The number of amides is 2. The zero-order valence-electron chi connectivity index (χ0n) is 16.5. The van der Waals surface area contributed by atoms with Crippen molar-refractivity contribution in [3.05, 3.63) is 47.0 Å². The molecule has 2 amide bonds. The molecule has 1 saturated heterocycles. The van der Waals surface area contributed by atoms with Crippen LogP contribution in [0.2, 0.25) is 5.02 Å². The highest BCUT2D eigenvalue weighted by atomic mass is 35.5. The first kappa shape index (κ1) is 21.0. The quantitative estimate of drug-likeness (QED) is 0.664. The van der Waals surface area contributed by atoms with Gasteiger partial charge in [-0.1, -0.05) is 17.7 Å². The predicted molar refractivity (Wildman–Crippen MR) is 110 cm³/mol. The van der Waals surface area contributed by atoms with Gasteiger partial charge in [-0.05, 0) is 48.9 Å². The Kier molecular flexibility index (Phi) is 6.61. The van der Waals surface area contributed by atoms with Crippen molar-refractivity contribution in [3.63, 3.8) is 0 Å². The predicted octanol–water partition coefficient (Wildman–Crippen LogP) is 2.83. The van der Waals surface area contributed by atoms with Crippen molar-refractivity contribution in [1.29, 1.82) is 0 Å². The van der Waals surface area contributed by atoms with Crippen LogP contribution < -0.4 is 24.4 Å². The number of imide groups is 1. The number of hydrogen-bond acceptors (Lipinski definition) is 6. The highest BCUT2D eigenvalue weighted by Gasteiger charge is 2.39. The van der Waals surface area contributed by atoms with Gasteiger partial charge in [-0.3, -0.25) is 9.59 Å². The number of carbonyl (C=O) groups is 2. The van der Waals surface area contributed by atoms with E-state index in [2.05, 4.69) is 5.32 Å². The second-order valence-corrected chi connectivity index (χ2v) is 6.94. The van der Waals surface area contributed by atoms with Crippen LogP contribution in [0.5, 0.6) is 17.2 Å². The van der Waals surface area contributed by atoms with Gasteiger partial charge in [0.05, 0.1) is 44.5 Å². The number of anilines is 1. The molecule has 8 heteroatoms. The number of nitrogens with zero attached hydrogens (tertiary/aromatic N) is 1. The van der Waals surface area contributed by atoms with Crippen molar-refractivity contribution < 1.29 is 23.8 Å². The molecular formula is C21H23ClN2O5. The summed E-state index contributed by atoms with van der Waals surface area (Å²) in [5, 5.41) is 3.51. The van der Waals surface area contributed by atoms with Crippen molar-refractivity contribution in [1.82, 2.24) is 5.32 Å². The highest BCUT2D eigenvalue weighted by Crippen LogP contribution is 2.32.